The van der Waals surface area contributed by atoms with Crippen LogP contribution < -0.4 is 5.32 Å². The van der Waals surface area contributed by atoms with Gasteiger partial charge in [-0.05, 0) is 49.9 Å². The average Bonchev–Trinajstić information content (AvgIpc) is 2.67. The molecule has 0 radical (unpaired) electrons. The molecule has 0 bridgehead atoms. The fourth-order valence-electron chi connectivity index (χ4n) is 2.86. The predicted molar refractivity (Wildman–Crippen MR) is 90.5 cm³/mol. The van der Waals surface area contributed by atoms with Gasteiger partial charge in [-0.3, -0.25) is 4.90 Å². The topological polar surface area (TPSA) is 15.3 Å². The summed E-state index contributed by atoms with van der Waals surface area (Å²) in [6.45, 7) is 8.12. The van der Waals surface area contributed by atoms with Gasteiger partial charge in [-0.25, -0.2) is 0 Å². The Labute approximate surface area is 128 Å². The van der Waals surface area contributed by atoms with Crippen molar-refractivity contribution in [1.82, 2.24) is 10.2 Å². The van der Waals surface area contributed by atoms with Crippen molar-refractivity contribution >= 4 is 11.8 Å². The molecule has 0 aliphatic carbocycles. The van der Waals surface area contributed by atoms with E-state index in [0.717, 1.165) is 13.1 Å². The Morgan fingerprint density at radius 3 is 2.85 bits per heavy atom. The maximum absolute atomic E-state index is 3.71. The third kappa shape index (κ3) is 4.80. The molecule has 2 atom stereocenters. The number of nitrogens with one attached hydrogen (secondary N) is 1. The average molecular weight is 292 g/mol. The molecule has 1 aromatic rings. The number of thioether (sulfide) groups is 1. The highest BCUT2D eigenvalue weighted by atomic mass is 32.2. The van der Waals surface area contributed by atoms with Gasteiger partial charge in [0.1, 0.15) is 0 Å². The van der Waals surface area contributed by atoms with Crippen molar-refractivity contribution in [3.05, 3.63) is 35.9 Å². The van der Waals surface area contributed by atoms with E-state index in [1.54, 1.807) is 0 Å². The summed E-state index contributed by atoms with van der Waals surface area (Å²) in [4.78, 5) is 2.67. The first-order valence-electron chi connectivity index (χ1n) is 7.91. The zero-order chi connectivity index (χ0) is 14.2. The second kappa shape index (κ2) is 8.71. The van der Waals surface area contributed by atoms with Crippen molar-refractivity contribution in [2.45, 2.75) is 38.8 Å². The fourth-order valence-corrected chi connectivity index (χ4v) is 3.48. The molecule has 0 saturated carbocycles. The minimum Gasteiger partial charge on any atom is -0.309 e. The molecule has 1 aliphatic rings. The first-order chi connectivity index (χ1) is 9.81. The molecule has 3 heteroatoms. The SMILES string of the molecule is CCSCCCN1CC(c2ccccc2)NCCC1C. The molecule has 0 amide bonds. The highest BCUT2D eigenvalue weighted by Gasteiger charge is 2.23. The Bertz CT molecular complexity index is 369. The largest absolute Gasteiger partial charge is 0.309 e. The van der Waals surface area contributed by atoms with Gasteiger partial charge < -0.3 is 5.32 Å². The summed E-state index contributed by atoms with van der Waals surface area (Å²) >= 11 is 2.06. The summed E-state index contributed by atoms with van der Waals surface area (Å²) in [6, 6.07) is 12.1. The van der Waals surface area contributed by atoms with Gasteiger partial charge in [0.2, 0.25) is 0 Å². The number of nitrogens with zero attached hydrogens (tertiary/aromatic N) is 1. The monoisotopic (exact) mass is 292 g/mol. The normalized spacial score (nSPS) is 24.5. The van der Waals surface area contributed by atoms with Crippen LogP contribution in [0.3, 0.4) is 0 Å². The van der Waals surface area contributed by atoms with E-state index in [1.807, 2.05) is 0 Å². The third-order valence-corrected chi connectivity index (χ3v) is 5.12. The quantitative estimate of drug-likeness (QED) is 0.807. The van der Waals surface area contributed by atoms with Crippen LogP contribution in [0.4, 0.5) is 0 Å². The molecule has 112 valence electrons. The van der Waals surface area contributed by atoms with E-state index in [9.17, 15) is 0 Å². The highest BCUT2D eigenvalue weighted by Crippen LogP contribution is 2.20. The van der Waals surface area contributed by atoms with E-state index in [4.69, 9.17) is 0 Å². The van der Waals surface area contributed by atoms with Crippen LogP contribution in [0.2, 0.25) is 0 Å². The Balaban J connectivity index is 1.92. The lowest BCUT2D eigenvalue weighted by atomic mass is 10.1. The van der Waals surface area contributed by atoms with E-state index in [0.29, 0.717) is 12.1 Å². The molecule has 2 nitrogen and oxygen atoms in total. The maximum atomic E-state index is 3.71. The Morgan fingerprint density at radius 1 is 1.30 bits per heavy atom. The van der Waals surface area contributed by atoms with Crippen molar-refractivity contribution in [2.75, 3.05) is 31.1 Å². The van der Waals surface area contributed by atoms with Crippen LogP contribution in [0, 0.1) is 0 Å². The maximum Gasteiger partial charge on any atom is 0.0449 e. The van der Waals surface area contributed by atoms with E-state index >= 15 is 0 Å². The molecule has 1 fully saturated rings. The first kappa shape index (κ1) is 15.9. The number of hydrogen-bond acceptors (Lipinski definition) is 3. The molecular formula is C17H28N2S. The van der Waals surface area contributed by atoms with E-state index in [2.05, 4.69) is 66.2 Å². The summed E-state index contributed by atoms with van der Waals surface area (Å²) in [7, 11) is 0. The van der Waals surface area contributed by atoms with Crippen LogP contribution in [0.25, 0.3) is 0 Å². The predicted octanol–water partition coefficient (Wildman–Crippen LogP) is 3.55. The van der Waals surface area contributed by atoms with Gasteiger partial charge in [0, 0.05) is 18.6 Å². The Kier molecular flexibility index (Phi) is 6.91. The molecule has 1 heterocycles. The van der Waals surface area contributed by atoms with Crippen LogP contribution in [0.5, 0.6) is 0 Å². The second-order valence-electron chi connectivity index (χ2n) is 5.60. The smallest absolute Gasteiger partial charge is 0.0449 e. The Morgan fingerprint density at radius 2 is 2.10 bits per heavy atom. The second-order valence-corrected chi connectivity index (χ2v) is 6.99. The van der Waals surface area contributed by atoms with E-state index in [-0.39, 0.29) is 0 Å². The number of rotatable bonds is 6. The van der Waals surface area contributed by atoms with Gasteiger partial charge in [-0.15, -0.1) is 0 Å². The van der Waals surface area contributed by atoms with Crippen LogP contribution in [0.1, 0.15) is 38.3 Å². The minimum absolute atomic E-state index is 0.486. The number of benzene rings is 1. The summed E-state index contributed by atoms with van der Waals surface area (Å²) < 4.78 is 0. The molecular weight excluding hydrogens is 264 g/mol. The van der Waals surface area contributed by atoms with Gasteiger partial charge >= 0.3 is 0 Å². The number of hydrogen-bond donors (Lipinski definition) is 1. The van der Waals surface area contributed by atoms with E-state index in [1.165, 1.54) is 36.5 Å². The minimum atomic E-state index is 0.486. The van der Waals surface area contributed by atoms with Crippen molar-refractivity contribution in [3.8, 4) is 0 Å². The van der Waals surface area contributed by atoms with Crippen molar-refractivity contribution < 1.29 is 0 Å². The van der Waals surface area contributed by atoms with Crippen molar-refractivity contribution in [3.63, 3.8) is 0 Å². The van der Waals surface area contributed by atoms with Crippen molar-refractivity contribution in [2.24, 2.45) is 0 Å². The summed E-state index contributed by atoms with van der Waals surface area (Å²) in [6.07, 6.45) is 2.56. The molecule has 2 rings (SSSR count). The first-order valence-corrected chi connectivity index (χ1v) is 9.07. The van der Waals surface area contributed by atoms with Crippen LogP contribution >= 0.6 is 11.8 Å². The van der Waals surface area contributed by atoms with E-state index < -0.39 is 0 Å². The van der Waals surface area contributed by atoms with Crippen LogP contribution in [-0.2, 0) is 0 Å². The molecule has 1 N–H and O–H groups in total. The zero-order valence-corrected chi connectivity index (χ0v) is 13.7. The zero-order valence-electron chi connectivity index (χ0n) is 12.8. The van der Waals surface area contributed by atoms with Crippen LogP contribution in [0.15, 0.2) is 30.3 Å². The van der Waals surface area contributed by atoms with Gasteiger partial charge in [0.25, 0.3) is 0 Å². The standard InChI is InChI=1S/C17H28N2S/c1-3-20-13-7-12-19-14-17(18-11-10-15(19)2)16-8-5-4-6-9-16/h4-6,8-9,15,17-18H,3,7,10-14H2,1-2H3. The highest BCUT2D eigenvalue weighted by molar-refractivity contribution is 7.99. The summed E-state index contributed by atoms with van der Waals surface area (Å²) in [5.41, 5.74) is 1.43. The lowest BCUT2D eigenvalue weighted by Gasteiger charge is -2.29. The molecule has 20 heavy (non-hydrogen) atoms. The molecule has 1 saturated heterocycles. The van der Waals surface area contributed by atoms with Gasteiger partial charge in [0.15, 0.2) is 0 Å². The van der Waals surface area contributed by atoms with Crippen molar-refractivity contribution in [1.29, 1.82) is 0 Å². The van der Waals surface area contributed by atoms with Gasteiger partial charge in [-0.2, -0.15) is 11.8 Å². The fraction of sp³-hybridized carbons (Fsp3) is 0.647. The summed E-state index contributed by atoms with van der Waals surface area (Å²) in [5.74, 6) is 2.53. The lowest BCUT2D eigenvalue weighted by molar-refractivity contribution is 0.206. The third-order valence-electron chi connectivity index (χ3n) is 4.13. The van der Waals surface area contributed by atoms with Gasteiger partial charge in [-0.1, -0.05) is 37.3 Å². The molecule has 1 aliphatic heterocycles. The molecule has 1 aromatic carbocycles. The molecule has 0 aromatic heterocycles. The van der Waals surface area contributed by atoms with Crippen LogP contribution in [-0.4, -0.2) is 42.1 Å². The molecule has 0 spiro atoms. The lowest BCUT2D eigenvalue weighted by Crippen LogP contribution is -2.36. The van der Waals surface area contributed by atoms with Gasteiger partial charge in [0.05, 0.1) is 0 Å². The Hall–Kier alpha value is -0.510. The summed E-state index contributed by atoms with van der Waals surface area (Å²) in [5, 5.41) is 3.71. The molecule has 2 unspecified atom stereocenters.